The van der Waals surface area contributed by atoms with Gasteiger partial charge in [0.1, 0.15) is 0 Å². The molecule has 7 nitrogen and oxygen atoms in total. The molecule has 0 amide bonds. The quantitative estimate of drug-likeness (QED) is 0.644. The molecule has 0 radical (unpaired) electrons. The summed E-state index contributed by atoms with van der Waals surface area (Å²) in [4.78, 5) is 4.69. The van der Waals surface area contributed by atoms with E-state index in [1.165, 1.54) is 35.5 Å². The molecule has 2 aromatic rings. The van der Waals surface area contributed by atoms with Crippen molar-refractivity contribution in [2.24, 2.45) is 0 Å². The van der Waals surface area contributed by atoms with E-state index >= 15 is 0 Å². The fourth-order valence-corrected chi connectivity index (χ4v) is 5.76. The number of nitrogens with one attached hydrogen (secondary N) is 1. The Morgan fingerprint density at radius 3 is 2.23 bits per heavy atom. The first-order chi connectivity index (χ1) is 14.5. The molecule has 0 aromatic heterocycles. The largest absolute Gasteiger partial charge is 0.369 e. The second-order valence-corrected chi connectivity index (χ2v) is 12.0. The van der Waals surface area contributed by atoms with Crippen molar-refractivity contribution in [1.29, 1.82) is 0 Å². The lowest BCUT2D eigenvalue weighted by Crippen LogP contribution is -2.47. The summed E-state index contributed by atoms with van der Waals surface area (Å²) in [7, 11) is -7.25. The molecule has 1 saturated heterocycles. The van der Waals surface area contributed by atoms with Crippen LogP contribution < -0.4 is 9.62 Å². The molecule has 1 aliphatic heterocycles. The Kier molecular flexibility index (Phi) is 7.41. The Morgan fingerprint density at radius 2 is 1.58 bits per heavy atom. The second-order valence-electron chi connectivity index (χ2n) is 8.23. The van der Waals surface area contributed by atoms with Gasteiger partial charge in [-0.3, -0.25) is 4.90 Å². The zero-order valence-corrected chi connectivity index (χ0v) is 19.9. The van der Waals surface area contributed by atoms with Crippen LogP contribution in [-0.2, 0) is 19.9 Å². The van der Waals surface area contributed by atoms with Gasteiger partial charge in [-0.25, -0.2) is 21.6 Å². The summed E-state index contributed by atoms with van der Waals surface area (Å²) in [6, 6.07) is 13.7. The molecule has 1 atom stereocenters. The molecule has 0 bridgehead atoms. The highest BCUT2D eigenvalue weighted by Crippen LogP contribution is 2.19. The van der Waals surface area contributed by atoms with Crippen molar-refractivity contribution in [3.63, 3.8) is 0 Å². The van der Waals surface area contributed by atoms with E-state index in [2.05, 4.69) is 45.7 Å². The average Bonchev–Trinajstić information content (AvgIpc) is 2.72. The first-order valence-corrected chi connectivity index (χ1v) is 13.8. The summed E-state index contributed by atoms with van der Waals surface area (Å²) in [5.41, 5.74) is 2.50. The fourth-order valence-electron chi connectivity index (χ4n) is 3.69. The maximum atomic E-state index is 12.7. The number of hydrogen-bond donors (Lipinski definition) is 1. The zero-order chi connectivity index (χ0) is 22.6. The van der Waals surface area contributed by atoms with Crippen molar-refractivity contribution >= 4 is 25.5 Å². The number of aryl methyl sites for hydroxylation is 1. The van der Waals surface area contributed by atoms with Crippen LogP contribution in [0.15, 0.2) is 58.3 Å². The smallest absolute Gasteiger partial charge is 0.240 e. The summed E-state index contributed by atoms with van der Waals surface area (Å²) < 4.78 is 51.5. The summed E-state index contributed by atoms with van der Waals surface area (Å²) >= 11 is 0. The summed E-state index contributed by atoms with van der Waals surface area (Å²) in [6.45, 7) is 8.49. The minimum absolute atomic E-state index is 0.00508. The lowest BCUT2D eigenvalue weighted by molar-refractivity contribution is 0.248. The minimum Gasteiger partial charge on any atom is -0.369 e. The monoisotopic (exact) mass is 465 g/mol. The number of piperazine rings is 1. The van der Waals surface area contributed by atoms with E-state index in [1.54, 1.807) is 0 Å². The van der Waals surface area contributed by atoms with E-state index in [4.69, 9.17) is 0 Å². The van der Waals surface area contributed by atoms with Crippen molar-refractivity contribution < 1.29 is 16.8 Å². The Labute approximate surface area is 186 Å². The highest BCUT2D eigenvalue weighted by atomic mass is 32.2. The van der Waals surface area contributed by atoms with E-state index in [0.717, 1.165) is 39.0 Å². The molecule has 2 aromatic carbocycles. The second kappa shape index (κ2) is 9.68. The van der Waals surface area contributed by atoms with Gasteiger partial charge >= 0.3 is 0 Å². The van der Waals surface area contributed by atoms with Gasteiger partial charge < -0.3 is 4.90 Å². The van der Waals surface area contributed by atoms with Gasteiger partial charge in [-0.15, -0.1) is 0 Å². The summed E-state index contributed by atoms with van der Waals surface area (Å²) in [5, 5.41) is 0. The Bertz CT molecular complexity index is 1110. The molecule has 0 aliphatic carbocycles. The minimum atomic E-state index is -3.79. The average molecular weight is 466 g/mol. The van der Waals surface area contributed by atoms with Crippen LogP contribution in [-0.4, -0.2) is 66.8 Å². The maximum absolute atomic E-state index is 12.7. The molecule has 31 heavy (non-hydrogen) atoms. The van der Waals surface area contributed by atoms with Crippen molar-refractivity contribution in [3.8, 4) is 0 Å². The molecule has 1 heterocycles. The topological polar surface area (TPSA) is 86.8 Å². The first kappa shape index (κ1) is 23.7. The van der Waals surface area contributed by atoms with Crippen LogP contribution in [0.25, 0.3) is 0 Å². The fraction of sp³-hybridized carbons (Fsp3) is 0.455. The molecular weight excluding hydrogens is 434 g/mol. The number of sulfonamides is 1. The van der Waals surface area contributed by atoms with E-state index in [1.807, 2.05) is 6.92 Å². The van der Waals surface area contributed by atoms with Gasteiger partial charge in [-0.2, -0.15) is 0 Å². The predicted octanol–water partition coefficient (Wildman–Crippen LogP) is 2.28. The lowest BCUT2D eigenvalue weighted by atomic mass is 10.2. The number of hydrogen-bond acceptors (Lipinski definition) is 6. The van der Waals surface area contributed by atoms with Crippen LogP contribution in [0.2, 0.25) is 0 Å². The van der Waals surface area contributed by atoms with Gasteiger partial charge in [-0.1, -0.05) is 18.2 Å². The van der Waals surface area contributed by atoms with E-state index < -0.39 is 19.9 Å². The van der Waals surface area contributed by atoms with Gasteiger partial charge in [0.2, 0.25) is 10.0 Å². The first-order valence-electron chi connectivity index (χ1n) is 10.4. The maximum Gasteiger partial charge on any atom is 0.240 e. The standard InChI is InChI=1S/C22H31N3O4S2/c1-18-6-4-7-20(16-18)25-14-12-24(13-15-25)11-10-19(2)23-31(28,29)22-9-5-8-21(17-22)30(3,26)27/h4-9,16-17,19,23H,10-15H2,1-3H3. The molecule has 9 heteroatoms. The van der Waals surface area contributed by atoms with Gasteiger partial charge in [0.25, 0.3) is 0 Å². The van der Waals surface area contributed by atoms with Crippen molar-refractivity contribution in [1.82, 2.24) is 9.62 Å². The SMILES string of the molecule is Cc1cccc(N2CCN(CCC(C)NS(=O)(=O)c3cccc(S(C)(=O)=O)c3)CC2)c1. The van der Waals surface area contributed by atoms with Crippen molar-refractivity contribution in [2.45, 2.75) is 36.1 Å². The third kappa shape index (κ3) is 6.52. The van der Waals surface area contributed by atoms with Crippen LogP contribution in [0.4, 0.5) is 5.69 Å². The van der Waals surface area contributed by atoms with Crippen LogP contribution in [0.1, 0.15) is 18.9 Å². The molecule has 1 aliphatic rings. The molecule has 3 rings (SSSR count). The van der Waals surface area contributed by atoms with E-state index in [9.17, 15) is 16.8 Å². The Hall–Kier alpha value is -1.94. The number of benzene rings is 2. The van der Waals surface area contributed by atoms with Crippen molar-refractivity contribution in [3.05, 3.63) is 54.1 Å². The third-order valence-electron chi connectivity index (χ3n) is 5.52. The zero-order valence-electron chi connectivity index (χ0n) is 18.3. The molecule has 0 spiro atoms. The normalized spacial score (nSPS) is 16.9. The number of anilines is 1. The molecule has 0 saturated carbocycles. The van der Waals surface area contributed by atoms with Crippen LogP contribution in [0.3, 0.4) is 0 Å². The van der Waals surface area contributed by atoms with Crippen LogP contribution >= 0.6 is 0 Å². The third-order valence-corrected chi connectivity index (χ3v) is 8.22. The molecule has 1 unspecified atom stereocenters. The van der Waals surface area contributed by atoms with Gasteiger partial charge in [0.15, 0.2) is 9.84 Å². The molecule has 1 fully saturated rings. The van der Waals surface area contributed by atoms with Crippen molar-refractivity contribution in [2.75, 3.05) is 43.9 Å². The number of nitrogens with zero attached hydrogens (tertiary/aromatic N) is 2. The summed E-state index contributed by atoms with van der Waals surface area (Å²) in [6.07, 6.45) is 1.74. The summed E-state index contributed by atoms with van der Waals surface area (Å²) in [5.74, 6) is 0. The Morgan fingerprint density at radius 1 is 0.935 bits per heavy atom. The highest BCUT2D eigenvalue weighted by Gasteiger charge is 2.21. The van der Waals surface area contributed by atoms with Crippen LogP contribution in [0.5, 0.6) is 0 Å². The van der Waals surface area contributed by atoms with Gasteiger partial charge in [0, 0.05) is 44.2 Å². The van der Waals surface area contributed by atoms with Gasteiger partial charge in [0.05, 0.1) is 9.79 Å². The molecular formula is C22H31N3O4S2. The Balaban J connectivity index is 1.51. The van der Waals surface area contributed by atoms with Crippen LogP contribution in [0, 0.1) is 6.92 Å². The number of rotatable bonds is 8. The van der Waals surface area contributed by atoms with E-state index in [-0.39, 0.29) is 15.8 Å². The number of sulfone groups is 1. The van der Waals surface area contributed by atoms with E-state index in [0.29, 0.717) is 6.42 Å². The van der Waals surface area contributed by atoms with Gasteiger partial charge in [-0.05, 0) is 62.7 Å². The molecule has 1 N–H and O–H groups in total. The highest BCUT2D eigenvalue weighted by molar-refractivity contribution is 7.91. The predicted molar refractivity (Wildman–Crippen MR) is 124 cm³/mol. The molecule has 170 valence electrons. The lowest BCUT2D eigenvalue weighted by Gasteiger charge is -2.36.